The summed E-state index contributed by atoms with van der Waals surface area (Å²) in [4.78, 5) is 18.8. The summed E-state index contributed by atoms with van der Waals surface area (Å²) in [6.45, 7) is 3.78. The number of aromatic amines is 1. The number of nitrogens with one attached hydrogen (secondary N) is 2. The van der Waals surface area contributed by atoms with Crippen molar-refractivity contribution in [1.82, 2.24) is 5.32 Å². The molecule has 2 heterocycles. The molecule has 1 unspecified atom stereocenters. The Morgan fingerprint density at radius 2 is 1.76 bits per heavy atom. The molecule has 0 bridgehead atoms. The molecule has 1 aliphatic rings. The van der Waals surface area contributed by atoms with Gasteiger partial charge in [0.15, 0.2) is 0 Å². The van der Waals surface area contributed by atoms with E-state index in [4.69, 9.17) is 23.2 Å². The number of aromatic nitrogens is 1. The van der Waals surface area contributed by atoms with E-state index in [1.54, 1.807) is 0 Å². The monoisotopic (exact) mass is 482 g/mol. The molecule has 1 aliphatic heterocycles. The molecular weight excluding hydrogens is 453 g/mol. The second kappa shape index (κ2) is 11.0. The van der Waals surface area contributed by atoms with Gasteiger partial charge in [-0.15, -0.1) is 0 Å². The van der Waals surface area contributed by atoms with E-state index in [1.165, 1.54) is 5.56 Å². The SMILES string of the molecule is C[C@@H](NC(=O)C1CCCN(c2cccc[nH+]2)C1)[C@H](Cc1ccc(Cl)cc1)c1ccc(Cl)cc1. The lowest BCUT2D eigenvalue weighted by atomic mass is 9.86. The Morgan fingerprint density at radius 3 is 2.42 bits per heavy atom. The number of halogens is 2. The highest BCUT2D eigenvalue weighted by Gasteiger charge is 2.32. The zero-order valence-corrected chi connectivity index (χ0v) is 20.3. The highest BCUT2D eigenvalue weighted by molar-refractivity contribution is 6.30. The third-order valence-corrected chi connectivity index (χ3v) is 6.97. The summed E-state index contributed by atoms with van der Waals surface area (Å²) in [5.74, 6) is 1.27. The minimum atomic E-state index is -0.0342. The molecule has 2 aromatic carbocycles. The number of benzene rings is 2. The van der Waals surface area contributed by atoms with Crippen LogP contribution in [-0.4, -0.2) is 25.0 Å². The maximum Gasteiger partial charge on any atom is 0.274 e. The number of piperidine rings is 1. The van der Waals surface area contributed by atoms with Crippen LogP contribution < -0.4 is 15.2 Å². The molecule has 3 aromatic rings. The Hall–Kier alpha value is -2.56. The number of rotatable bonds is 7. The molecule has 0 spiro atoms. The summed E-state index contributed by atoms with van der Waals surface area (Å²) >= 11 is 12.2. The summed E-state index contributed by atoms with van der Waals surface area (Å²) in [5.41, 5.74) is 2.34. The molecule has 4 rings (SSSR count). The lowest BCUT2D eigenvalue weighted by Crippen LogP contribution is -2.47. The third kappa shape index (κ3) is 6.27. The zero-order chi connectivity index (χ0) is 23.2. The van der Waals surface area contributed by atoms with Gasteiger partial charge in [-0.25, -0.2) is 4.98 Å². The first-order valence-electron chi connectivity index (χ1n) is 11.5. The molecule has 1 fully saturated rings. The molecule has 1 amide bonds. The van der Waals surface area contributed by atoms with E-state index < -0.39 is 0 Å². The van der Waals surface area contributed by atoms with Crippen molar-refractivity contribution in [3.8, 4) is 0 Å². The van der Waals surface area contributed by atoms with Gasteiger partial charge in [-0.1, -0.05) is 53.5 Å². The average molecular weight is 483 g/mol. The van der Waals surface area contributed by atoms with Crippen LogP contribution in [0.5, 0.6) is 0 Å². The molecule has 172 valence electrons. The number of carbonyl (C=O) groups excluding carboxylic acids is 1. The average Bonchev–Trinajstić information content (AvgIpc) is 2.85. The van der Waals surface area contributed by atoms with Gasteiger partial charge in [0.2, 0.25) is 5.91 Å². The molecule has 1 aromatic heterocycles. The van der Waals surface area contributed by atoms with Gasteiger partial charge in [0.05, 0.1) is 25.2 Å². The Kier molecular flexibility index (Phi) is 7.89. The quantitative estimate of drug-likeness (QED) is 0.479. The van der Waals surface area contributed by atoms with Crippen LogP contribution >= 0.6 is 23.2 Å². The smallest absolute Gasteiger partial charge is 0.274 e. The molecular formula is C27H30Cl2N3O+. The Bertz CT molecular complexity index is 1040. The minimum Gasteiger partial charge on any atom is -0.353 e. The van der Waals surface area contributed by atoms with E-state index in [0.29, 0.717) is 5.02 Å². The van der Waals surface area contributed by atoms with Crippen LogP contribution in [0.3, 0.4) is 0 Å². The number of carbonyl (C=O) groups is 1. The second-order valence-corrected chi connectivity index (χ2v) is 9.69. The molecule has 1 saturated heterocycles. The van der Waals surface area contributed by atoms with Crippen LogP contribution in [0.1, 0.15) is 36.8 Å². The number of pyridine rings is 1. The Balaban J connectivity index is 1.47. The number of amides is 1. The van der Waals surface area contributed by atoms with E-state index in [1.807, 2.05) is 42.6 Å². The number of anilines is 1. The first-order valence-corrected chi connectivity index (χ1v) is 12.3. The van der Waals surface area contributed by atoms with Crippen LogP contribution in [0.4, 0.5) is 5.82 Å². The van der Waals surface area contributed by atoms with Crippen molar-refractivity contribution >= 4 is 34.9 Å². The molecule has 0 saturated carbocycles. The molecule has 6 heteroatoms. The number of hydrogen-bond donors (Lipinski definition) is 1. The summed E-state index contributed by atoms with van der Waals surface area (Å²) in [6, 6.07) is 21.9. The maximum atomic E-state index is 13.3. The van der Waals surface area contributed by atoms with E-state index in [2.05, 4.69) is 52.5 Å². The predicted octanol–water partition coefficient (Wildman–Crippen LogP) is 5.56. The van der Waals surface area contributed by atoms with Crippen molar-refractivity contribution in [2.75, 3.05) is 18.0 Å². The predicted molar refractivity (Wildman–Crippen MR) is 135 cm³/mol. The standard InChI is InChI=1S/C27H29Cl2N3O/c1-19(31-27(33)22-5-4-16-32(18-22)26-6-2-3-15-30-26)25(21-9-13-24(29)14-10-21)17-20-7-11-23(28)12-8-20/h2-3,6-15,19,22,25H,4-5,16-18H2,1H3,(H,31,33)/p+1/t19-,22?,25+/m1/s1. The van der Waals surface area contributed by atoms with Crippen LogP contribution in [-0.2, 0) is 11.2 Å². The molecule has 4 nitrogen and oxygen atoms in total. The van der Waals surface area contributed by atoms with Crippen molar-refractivity contribution < 1.29 is 9.78 Å². The second-order valence-electron chi connectivity index (χ2n) is 8.82. The van der Waals surface area contributed by atoms with Gasteiger partial charge >= 0.3 is 0 Å². The van der Waals surface area contributed by atoms with Crippen LogP contribution in [0, 0.1) is 5.92 Å². The molecule has 3 atom stereocenters. The first-order chi connectivity index (χ1) is 16.0. The molecule has 0 aliphatic carbocycles. The largest absolute Gasteiger partial charge is 0.353 e. The number of H-pyrrole nitrogens is 1. The number of hydrogen-bond acceptors (Lipinski definition) is 2. The van der Waals surface area contributed by atoms with Crippen LogP contribution in [0.2, 0.25) is 10.0 Å². The van der Waals surface area contributed by atoms with Gasteiger partial charge in [0.1, 0.15) is 0 Å². The van der Waals surface area contributed by atoms with Gasteiger partial charge in [-0.3, -0.25) is 9.69 Å². The summed E-state index contributed by atoms with van der Waals surface area (Å²) in [6.07, 6.45) is 4.63. The van der Waals surface area contributed by atoms with Crippen LogP contribution in [0.15, 0.2) is 72.9 Å². The fourth-order valence-corrected chi connectivity index (χ4v) is 4.85. The normalized spacial score (nSPS) is 17.9. The van der Waals surface area contributed by atoms with Crippen molar-refractivity contribution in [2.24, 2.45) is 5.92 Å². The van der Waals surface area contributed by atoms with Gasteiger partial charge in [-0.05, 0) is 67.6 Å². The lowest BCUT2D eigenvalue weighted by molar-refractivity contribution is -0.364. The van der Waals surface area contributed by atoms with Crippen molar-refractivity contribution in [2.45, 2.75) is 38.1 Å². The lowest BCUT2D eigenvalue weighted by Gasteiger charge is -2.31. The van der Waals surface area contributed by atoms with E-state index in [9.17, 15) is 4.79 Å². The summed E-state index contributed by atoms with van der Waals surface area (Å²) < 4.78 is 0. The van der Waals surface area contributed by atoms with Crippen molar-refractivity contribution in [3.63, 3.8) is 0 Å². The Labute approximate surface area is 205 Å². The highest BCUT2D eigenvalue weighted by atomic mass is 35.5. The molecule has 2 N–H and O–H groups in total. The van der Waals surface area contributed by atoms with Crippen molar-refractivity contribution in [3.05, 3.63) is 94.1 Å². The first kappa shape index (κ1) is 23.6. The zero-order valence-electron chi connectivity index (χ0n) is 18.8. The van der Waals surface area contributed by atoms with E-state index in [0.717, 1.165) is 48.8 Å². The van der Waals surface area contributed by atoms with E-state index >= 15 is 0 Å². The topological polar surface area (TPSA) is 46.5 Å². The third-order valence-electron chi connectivity index (χ3n) is 6.47. The maximum absolute atomic E-state index is 13.3. The summed E-state index contributed by atoms with van der Waals surface area (Å²) in [7, 11) is 0. The fraction of sp³-hybridized carbons (Fsp3) is 0.333. The fourth-order valence-electron chi connectivity index (χ4n) is 4.60. The number of nitrogens with zero attached hydrogens (tertiary/aromatic N) is 1. The van der Waals surface area contributed by atoms with Gasteiger partial charge < -0.3 is 5.32 Å². The van der Waals surface area contributed by atoms with Gasteiger partial charge in [0, 0.05) is 28.1 Å². The van der Waals surface area contributed by atoms with Crippen LogP contribution in [0.25, 0.3) is 0 Å². The summed E-state index contributed by atoms with van der Waals surface area (Å²) in [5, 5.41) is 4.76. The van der Waals surface area contributed by atoms with Gasteiger partial charge in [-0.2, -0.15) is 0 Å². The van der Waals surface area contributed by atoms with Crippen molar-refractivity contribution in [1.29, 1.82) is 0 Å². The molecule has 0 radical (unpaired) electrons. The Morgan fingerprint density at radius 1 is 1.06 bits per heavy atom. The minimum absolute atomic E-state index is 0.0313. The van der Waals surface area contributed by atoms with Gasteiger partial charge in [0.25, 0.3) is 5.82 Å². The molecule has 33 heavy (non-hydrogen) atoms. The highest BCUT2D eigenvalue weighted by Crippen LogP contribution is 2.28. The van der Waals surface area contributed by atoms with E-state index in [-0.39, 0.29) is 23.8 Å².